The van der Waals surface area contributed by atoms with Crippen molar-refractivity contribution in [1.82, 2.24) is 0 Å². The van der Waals surface area contributed by atoms with Crippen molar-refractivity contribution in [2.24, 2.45) is 5.41 Å². The number of halogens is 2. The molecule has 0 aromatic heterocycles. The van der Waals surface area contributed by atoms with Crippen molar-refractivity contribution in [3.8, 4) is 11.1 Å². The Balaban J connectivity index is 0.00000140. The topological polar surface area (TPSA) is 0 Å². The predicted octanol–water partition coefficient (Wildman–Crippen LogP) is 8.52. The van der Waals surface area contributed by atoms with Gasteiger partial charge in [0.2, 0.25) is 0 Å². The Morgan fingerprint density at radius 2 is 1.31 bits per heavy atom. The maximum Gasteiger partial charge on any atom is 0.00415 e. The van der Waals surface area contributed by atoms with Crippen molar-refractivity contribution in [1.29, 1.82) is 0 Å². The Labute approximate surface area is 206 Å². The molecule has 4 rings (SSSR count). The van der Waals surface area contributed by atoms with Crippen LogP contribution in [0.4, 0.5) is 0 Å². The Morgan fingerprint density at radius 1 is 0.759 bits per heavy atom. The van der Waals surface area contributed by atoms with Crippen LogP contribution in [-0.4, -0.2) is 0 Å². The molecule has 0 saturated carbocycles. The standard InChI is InChI=1S/C26H27.2ClH.Hf/c1-16-17(2)25(26(5,6)19(16)4)24-22-15-11-10-14-21(22)18(3)23(24)20-12-8-7-9-13-20;;;/h7-15H,1-6H3;2*1H;/q-1;;;. The van der Waals surface area contributed by atoms with Crippen LogP contribution < -0.4 is 0 Å². The molecule has 3 aromatic rings. The number of hydrogen-bond donors (Lipinski definition) is 0. The van der Waals surface area contributed by atoms with Crippen molar-refractivity contribution in [3.05, 3.63) is 82.4 Å². The first-order valence-corrected chi connectivity index (χ1v) is 9.49. The molecule has 0 spiro atoms. The van der Waals surface area contributed by atoms with E-state index in [1.807, 2.05) is 0 Å². The zero-order chi connectivity index (χ0) is 18.6. The van der Waals surface area contributed by atoms with Crippen LogP contribution >= 0.6 is 24.8 Å². The van der Waals surface area contributed by atoms with Gasteiger partial charge in [-0.05, 0) is 26.3 Å². The first-order valence-electron chi connectivity index (χ1n) is 9.49. The van der Waals surface area contributed by atoms with Crippen LogP contribution in [0.5, 0.6) is 0 Å². The molecule has 0 fully saturated rings. The maximum absolute atomic E-state index is 2.38. The summed E-state index contributed by atoms with van der Waals surface area (Å²) in [5, 5.41) is 2.76. The van der Waals surface area contributed by atoms with E-state index in [-0.39, 0.29) is 56.1 Å². The van der Waals surface area contributed by atoms with E-state index in [0.717, 1.165) is 0 Å². The summed E-state index contributed by atoms with van der Waals surface area (Å²) in [6, 6.07) is 19.8. The molecule has 1 aliphatic rings. The average Bonchev–Trinajstić information content (AvgIpc) is 3.01. The van der Waals surface area contributed by atoms with Crippen LogP contribution in [0.15, 0.2) is 71.3 Å². The zero-order valence-corrected chi connectivity index (χ0v) is 23.2. The maximum atomic E-state index is 2.38. The second kappa shape index (κ2) is 9.41. The van der Waals surface area contributed by atoms with Crippen molar-refractivity contribution >= 4 is 41.2 Å². The van der Waals surface area contributed by atoms with Gasteiger partial charge >= 0.3 is 0 Å². The fourth-order valence-corrected chi connectivity index (χ4v) is 4.80. The van der Waals surface area contributed by atoms with Crippen LogP contribution in [0.1, 0.15) is 45.7 Å². The number of rotatable bonds is 2. The van der Waals surface area contributed by atoms with Gasteiger partial charge in [-0.3, -0.25) is 0 Å². The van der Waals surface area contributed by atoms with Crippen molar-refractivity contribution in [2.45, 2.75) is 41.5 Å². The van der Waals surface area contributed by atoms with Crippen LogP contribution in [0.2, 0.25) is 0 Å². The number of allylic oxidation sites excluding steroid dienone is 4. The minimum absolute atomic E-state index is 0. The van der Waals surface area contributed by atoms with Gasteiger partial charge in [-0.1, -0.05) is 91.6 Å². The Morgan fingerprint density at radius 3 is 1.86 bits per heavy atom. The summed E-state index contributed by atoms with van der Waals surface area (Å²) in [6.45, 7) is 13.9. The molecular weight excluding hydrogens is 562 g/mol. The Kier molecular flexibility index (Phi) is 8.45. The largest absolute Gasteiger partial charge is 0.147 e. The smallest absolute Gasteiger partial charge is 0.00415 e. The van der Waals surface area contributed by atoms with E-state index in [0.29, 0.717) is 0 Å². The number of hydrogen-bond acceptors (Lipinski definition) is 0. The number of benzene rings is 2. The summed E-state index contributed by atoms with van der Waals surface area (Å²) in [7, 11) is 0. The Hall–Kier alpha value is -1.02. The van der Waals surface area contributed by atoms with E-state index < -0.39 is 0 Å². The van der Waals surface area contributed by atoms with Gasteiger partial charge in [0.05, 0.1) is 0 Å². The molecule has 0 unspecified atom stereocenters. The molecule has 0 N–H and O–H groups in total. The molecule has 3 heteroatoms. The van der Waals surface area contributed by atoms with E-state index >= 15 is 0 Å². The number of aryl methyl sites for hydroxylation is 1. The number of fused-ring (bicyclic) bond motifs is 1. The van der Waals surface area contributed by atoms with Crippen LogP contribution in [0.25, 0.3) is 27.5 Å². The normalized spacial score (nSPS) is 15.1. The van der Waals surface area contributed by atoms with Crippen molar-refractivity contribution in [2.75, 3.05) is 0 Å². The summed E-state index contributed by atoms with van der Waals surface area (Å²) in [4.78, 5) is 0. The Bertz CT molecular complexity index is 1080. The molecule has 0 heterocycles. The van der Waals surface area contributed by atoms with Gasteiger partial charge in [-0.15, -0.1) is 58.3 Å². The van der Waals surface area contributed by atoms with E-state index in [2.05, 4.69) is 96.1 Å². The van der Waals surface area contributed by atoms with Crippen molar-refractivity contribution in [3.63, 3.8) is 0 Å². The predicted molar refractivity (Wildman–Crippen MR) is 129 cm³/mol. The molecule has 0 nitrogen and oxygen atoms in total. The summed E-state index contributed by atoms with van der Waals surface area (Å²) in [6.07, 6.45) is 0. The van der Waals surface area contributed by atoms with Crippen molar-refractivity contribution < 1.29 is 25.8 Å². The molecule has 0 saturated heterocycles. The minimum atomic E-state index is 0. The fourth-order valence-electron chi connectivity index (χ4n) is 4.80. The molecule has 0 amide bonds. The molecule has 0 bridgehead atoms. The van der Waals surface area contributed by atoms with Crippen LogP contribution in [-0.2, 0) is 25.8 Å². The van der Waals surface area contributed by atoms with Gasteiger partial charge in [-0.25, -0.2) is 0 Å². The summed E-state index contributed by atoms with van der Waals surface area (Å²) in [5.74, 6) is 0. The molecular formula is C26H29Cl2Hf-. The monoisotopic (exact) mass is 591 g/mol. The molecule has 0 atom stereocenters. The zero-order valence-electron chi connectivity index (χ0n) is 18.0. The third kappa shape index (κ3) is 3.87. The molecule has 0 radical (unpaired) electrons. The van der Waals surface area contributed by atoms with Gasteiger partial charge in [0.25, 0.3) is 0 Å². The fraction of sp³-hybridized carbons (Fsp3) is 0.269. The van der Waals surface area contributed by atoms with Gasteiger partial charge in [0.15, 0.2) is 0 Å². The van der Waals surface area contributed by atoms with Gasteiger partial charge in [0.1, 0.15) is 0 Å². The average molecular weight is 591 g/mol. The molecule has 0 aliphatic heterocycles. The molecule has 29 heavy (non-hydrogen) atoms. The molecule has 3 aromatic carbocycles. The van der Waals surface area contributed by atoms with Gasteiger partial charge in [-0.2, -0.15) is 0 Å². The third-order valence-corrected chi connectivity index (χ3v) is 6.60. The van der Waals surface area contributed by atoms with Crippen LogP contribution in [0, 0.1) is 12.3 Å². The van der Waals surface area contributed by atoms with E-state index in [9.17, 15) is 0 Å². The molecule has 1 aliphatic carbocycles. The second-order valence-electron chi connectivity index (χ2n) is 8.16. The summed E-state index contributed by atoms with van der Waals surface area (Å²) in [5.41, 5.74) is 11.5. The quantitative estimate of drug-likeness (QED) is 0.207. The van der Waals surface area contributed by atoms with E-state index in [1.165, 1.54) is 55.3 Å². The summed E-state index contributed by atoms with van der Waals surface area (Å²) < 4.78 is 0. The van der Waals surface area contributed by atoms with E-state index in [1.54, 1.807) is 0 Å². The first-order chi connectivity index (χ1) is 12.4. The first kappa shape index (κ1) is 26.0. The summed E-state index contributed by atoms with van der Waals surface area (Å²) >= 11 is 0. The minimum Gasteiger partial charge on any atom is -0.147 e. The van der Waals surface area contributed by atoms with Gasteiger partial charge < -0.3 is 0 Å². The van der Waals surface area contributed by atoms with E-state index in [4.69, 9.17) is 0 Å². The third-order valence-electron chi connectivity index (χ3n) is 6.60. The molecule has 152 valence electrons. The SMILES string of the molecule is CC1=C(C)C(C)(C)C(c2c(-c3ccccc3)[c-](C)c3ccccc23)=C1C.Cl.Cl.[Hf]. The van der Waals surface area contributed by atoms with Gasteiger partial charge in [0, 0.05) is 31.3 Å². The second-order valence-corrected chi connectivity index (χ2v) is 8.16. The van der Waals surface area contributed by atoms with Crippen LogP contribution in [0.3, 0.4) is 0 Å².